The normalized spacial score (nSPS) is 15.6. The molecule has 0 bridgehead atoms. The van der Waals surface area contributed by atoms with E-state index in [1.165, 1.54) is 11.1 Å². The molecule has 0 aromatic heterocycles. The Labute approximate surface area is 115 Å². The van der Waals surface area contributed by atoms with Crippen LogP contribution in [0, 0.1) is 5.92 Å². The van der Waals surface area contributed by atoms with Gasteiger partial charge >= 0.3 is 0 Å². The molecule has 0 spiro atoms. The quantitative estimate of drug-likeness (QED) is 0.882. The lowest BCUT2D eigenvalue weighted by molar-refractivity contribution is 0.350. The van der Waals surface area contributed by atoms with E-state index < -0.39 is 0 Å². The molecule has 1 heterocycles. The van der Waals surface area contributed by atoms with Crippen molar-refractivity contribution in [2.45, 2.75) is 39.7 Å². The van der Waals surface area contributed by atoms with Gasteiger partial charge in [-0.3, -0.25) is 0 Å². The van der Waals surface area contributed by atoms with E-state index in [1.54, 1.807) is 0 Å². The SMILES string of the molecule is CC(CNC(C)C)Cc1cc(Cl)cc2c1OCC2. The van der Waals surface area contributed by atoms with Crippen LogP contribution in [0.1, 0.15) is 31.9 Å². The van der Waals surface area contributed by atoms with Crippen molar-refractivity contribution in [2.75, 3.05) is 13.2 Å². The minimum absolute atomic E-state index is 0.536. The molecule has 2 rings (SSSR count). The molecule has 3 heteroatoms. The molecule has 1 atom stereocenters. The number of benzene rings is 1. The number of nitrogens with one attached hydrogen (secondary N) is 1. The van der Waals surface area contributed by atoms with Gasteiger partial charge in [-0.05, 0) is 42.1 Å². The fourth-order valence-corrected chi connectivity index (χ4v) is 2.65. The van der Waals surface area contributed by atoms with Gasteiger partial charge in [0.15, 0.2) is 0 Å². The summed E-state index contributed by atoms with van der Waals surface area (Å²) in [7, 11) is 0. The highest BCUT2D eigenvalue weighted by Crippen LogP contribution is 2.34. The second kappa shape index (κ2) is 5.94. The maximum atomic E-state index is 6.17. The minimum Gasteiger partial charge on any atom is -0.493 e. The number of ether oxygens (including phenoxy) is 1. The summed E-state index contributed by atoms with van der Waals surface area (Å²) in [5.41, 5.74) is 2.52. The molecule has 0 saturated carbocycles. The Morgan fingerprint density at radius 3 is 2.83 bits per heavy atom. The second-order valence-corrected chi connectivity index (χ2v) is 5.96. The molecule has 100 valence electrons. The van der Waals surface area contributed by atoms with E-state index in [0.717, 1.165) is 36.8 Å². The lowest BCUT2D eigenvalue weighted by Gasteiger charge is -2.16. The van der Waals surface area contributed by atoms with Crippen LogP contribution in [0.25, 0.3) is 0 Å². The maximum absolute atomic E-state index is 6.17. The topological polar surface area (TPSA) is 21.3 Å². The zero-order valence-electron chi connectivity index (χ0n) is 11.4. The third kappa shape index (κ3) is 3.39. The zero-order chi connectivity index (χ0) is 13.1. The molecule has 1 aliphatic heterocycles. The maximum Gasteiger partial charge on any atom is 0.125 e. The number of hydrogen-bond acceptors (Lipinski definition) is 2. The van der Waals surface area contributed by atoms with Crippen LogP contribution in [0.5, 0.6) is 5.75 Å². The van der Waals surface area contributed by atoms with Crippen LogP contribution in [-0.2, 0) is 12.8 Å². The van der Waals surface area contributed by atoms with Gasteiger partial charge < -0.3 is 10.1 Å². The van der Waals surface area contributed by atoms with E-state index in [2.05, 4.69) is 32.2 Å². The zero-order valence-corrected chi connectivity index (χ0v) is 12.2. The Bertz CT molecular complexity index is 417. The predicted octanol–water partition coefficient (Wildman–Crippen LogP) is 3.45. The van der Waals surface area contributed by atoms with Crippen molar-refractivity contribution in [1.82, 2.24) is 5.32 Å². The fraction of sp³-hybridized carbons (Fsp3) is 0.600. The van der Waals surface area contributed by atoms with Gasteiger partial charge in [0.2, 0.25) is 0 Å². The van der Waals surface area contributed by atoms with Crippen molar-refractivity contribution in [3.63, 3.8) is 0 Å². The minimum atomic E-state index is 0.536. The average Bonchev–Trinajstić information content (AvgIpc) is 2.74. The van der Waals surface area contributed by atoms with Crippen LogP contribution in [0.4, 0.5) is 0 Å². The molecule has 1 aromatic rings. The molecule has 1 aromatic carbocycles. The molecule has 1 N–H and O–H groups in total. The summed E-state index contributed by atoms with van der Waals surface area (Å²) in [6.45, 7) is 8.43. The highest BCUT2D eigenvalue weighted by Gasteiger charge is 2.18. The first-order valence-electron chi connectivity index (χ1n) is 6.73. The first kappa shape index (κ1) is 13.7. The van der Waals surface area contributed by atoms with Crippen molar-refractivity contribution in [1.29, 1.82) is 0 Å². The van der Waals surface area contributed by atoms with E-state index in [4.69, 9.17) is 16.3 Å². The largest absolute Gasteiger partial charge is 0.493 e. The van der Waals surface area contributed by atoms with Gasteiger partial charge in [-0.25, -0.2) is 0 Å². The van der Waals surface area contributed by atoms with E-state index in [-0.39, 0.29) is 0 Å². The summed E-state index contributed by atoms with van der Waals surface area (Å²) in [6, 6.07) is 4.62. The van der Waals surface area contributed by atoms with E-state index in [0.29, 0.717) is 12.0 Å². The first-order chi connectivity index (χ1) is 8.56. The fourth-order valence-electron chi connectivity index (χ4n) is 2.38. The van der Waals surface area contributed by atoms with Gasteiger partial charge in [0.25, 0.3) is 0 Å². The Balaban J connectivity index is 2.05. The van der Waals surface area contributed by atoms with E-state index in [1.807, 2.05) is 6.07 Å². The number of rotatable bonds is 5. The number of halogens is 1. The van der Waals surface area contributed by atoms with Gasteiger partial charge in [0, 0.05) is 17.5 Å². The molecular weight excluding hydrogens is 246 g/mol. The van der Waals surface area contributed by atoms with Crippen molar-refractivity contribution in [3.05, 3.63) is 28.3 Å². The van der Waals surface area contributed by atoms with Gasteiger partial charge in [-0.15, -0.1) is 0 Å². The molecule has 2 nitrogen and oxygen atoms in total. The van der Waals surface area contributed by atoms with Crippen molar-refractivity contribution in [2.24, 2.45) is 5.92 Å². The molecule has 0 radical (unpaired) electrons. The van der Waals surface area contributed by atoms with Gasteiger partial charge in [-0.2, -0.15) is 0 Å². The monoisotopic (exact) mass is 267 g/mol. The summed E-state index contributed by atoms with van der Waals surface area (Å²) in [5, 5.41) is 4.31. The van der Waals surface area contributed by atoms with Crippen LogP contribution >= 0.6 is 11.6 Å². The van der Waals surface area contributed by atoms with Crippen molar-refractivity contribution >= 4 is 11.6 Å². The number of hydrogen-bond donors (Lipinski definition) is 1. The Kier molecular flexibility index (Phi) is 4.52. The molecule has 0 fully saturated rings. The highest BCUT2D eigenvalue weighted by molar-refractivity contribution is 6.30. The molecule has 1 unspecified atom stereocenters. The van der Waals surface area contributed by atoms with Crippen LogP contribution in [-0.4, -0.2) is 19.2 Å². The molecular formula is C15H22ClNO. The summed E-state index contributed by atoms with van der Waals surface area (Å²) in [6.07, 6.45) is 2.00. The van der Waals surface area contributed by atoms with Crippen molar-refractivity contribution < 1.29 is 4.74 Å². The standard InChI is InChI=1S/C15H22ClNO/c1-10(2)17-9-11(3)6-13-8-14(16)7-12-4-5-18-15(12)13/h7-8,10-11,17H,4-6,9H2,1-3H3. The predicted molar refractivity (Wildman–Crippen MR) is 76.7 cm³/mol. The van der Waals surface area contributed by atoms with Crippen LogP contribution < -0.4 is 10.1 Å². The average molecular weight is 268 g/mol. The van der Waals surface area contributed by atoms with Gasteiger partial charge in [0.1, 0.15) is 5.75 Å². The summed E-state index contributed by atoms with van der Waals surface area (Å²) in [5.74, 6) is 1.66. The van der Waals surface area contributed by atoms with Gasteiger partial charge in [-0.1, -0.05) is 32.4 Å². The van der Waals surface area contributed by atoms with Gasteiger partial charge in [0.05, 0.1) is 6.61 Å². The number of fused-ring (bicyclic) bond motifs is 1. The smallest absolute Gasteiger partial charge is 0.125 e. The molecule has 0 saturated heterocycles. The van der Waals surface area contributed by atoms with Crippen LogP contribution in [0.3, 0.4) is 0 Å². The molecule has 1 aliphatic rings. The summed E-state index contributed by atoms with van der Waals surface area (Å²) < 4.78 is 5.73. The van der Waals surface area contributed by atoms with Crippen LogP contribution in [0.15, 0.2) is 12.1 Å². The lowest BCUT2D eigenvalue weighted by Crippen LogP contribution is -2.28. The first-order valence-corrected chi connectivity index (χ1v) is 7.11. The third-order valence-corrected chi connectivity index (χ3v) is 3.49. The summed E-state index contributed by atoms with van der Waals surface area (Å²) >= 11 is 6.17. The van der Waals surface area contributed by atoms with Crippen LogP contribution in [0.2, 0.25) is 5.02 Å². The Hall–Kier alpha value is -0.730. The molecule has 18 heavy (non-hydrogen) atoms. The Morgan fingerprint density at radius 1 is 1.33 bits per heavy atom. The second-order valence-electron chi connectivity index (χ2n) is 5.52. The highest BCUT2D eigenvalue weighted by atomic mass is 35.5. The molecule has 0 aliphatic carbocycles. The molecule has 0 amide bonds. The van der Waals surface area contributed by atoms with E-state index in [9.17, 15) is 0 Å². The summed E-state index contributed by atoms with van der Waals surface area (Å²) in [4.78, 5) is 0. The third-order valence-electron chi connectivity index (χ3n) is 3.27. The lowest BCUT2D eigenvalue weighted by atomic mass is 9.98. The van der Waals surface area contributed by atoms with E-state index >= 15 is 0 Å². The van der Waals surface area contributed by atoms with Crippen molar-refractivity contribution in [3.8, 4) is 5.75 Å². The Morgan fingerprint density at radius 2 is 2.11 bits per heavy atom.